The van der Waals surface area contributed by atoms with Gasteiger partial charge in [-0.3, -0.25) is 0 Å². The van der Waals surface area contributed by atoms with E-state index in [9.17, 15) is 0 Å². The van der Waals surface area contributed by atoms with Crippen LogP contribution >= 0.6 is 0 Å². The van der Waals surface area contributed by atoms with Crippen molar-refractivity contribution >= 4 is 5.69 Å². The maximum atomic E-state index is 5.42. The third kappa shape index (κ3) is 0.862. The first-order valence-corrected chi connectivity index (χ1v) is 3.72. The van der Waals surface area contributed by atoms with Gasteiger partial charge in [-0.1, -0.05) is 12.1 Å². The number of anilines is 1. The van der Waals surface area contributed by atoms with Crippen LogP contribution < -0.4 is 9.64 Å². The summed E-state index contributed by atoms with van der Waals surface area (Å²) in [7, 11) is 2.04. The molecule has 0 unspecified atom stereocenters. The molecule has 58 valence electrons. The smallest absolute Gasteiger partial charge is 0.161 e. The van der Waals surface area contributed by atoms with Crippen LogP contribution in [0.5, 0.6) is 5.75 Å². The first kappa shape index (κ1) is 6.53. The zero-order valence-corrected chi connectivity index (χ0v) is 6.79. The molecule has 0 radical (unpaired) electrons. The average molecular weight is 149 g/mol. The number of hydrogen-bond acceptors (Lipinski definition) is 2. The molecule has 0 fully saturated rings. The molecule has 2 rings (SSSR count). The van der Waals surface area contributed by atoms with E-state index in [4.69, 9.17) is 4.74 Å². The van der Waals surface area contributed by atoms with Gasteiger partial charge in [-0.05, 0) is 18.6 Å². The van der Waals surface area contributed by atoms with Crippen molar-refractivity contribution in [1.29, 1.82) is 0 Å². The minimum atomic E-state index is 0.681. The van der Waals surface area contributed by atoms with Crippen LogP contribution in [0.3, 0.4) is 0 Å². The second-order valence-corrected chi connectivity index (χ2v) is 2.89. The van der Waals surface area contributed by atoms with Crippen LogP contribution in [0, 0.1) is 6.92 Å². The molecule has 0 bridgehead atoms. The first-order chi connectivity index (χ1) is 5.29. The van der Waals surface area contributed by atoms with E-state index in [1.54, 1.807) is 0 Å². The lowest BCUT2D eigenvalue weighted by atomic mass is 10.2. The number of ether oxygens (including phenoxy) is 1. The van der Waals surface area contributed by atoms with Gasteiger partial charge in [-0.2, -0.15) is 0 Å². The number of fused-ring (bicyclic) bond motifs is 1. The molecule has 0 atom stereocenters. The highest BCUT2D eigenvalue weighted by Gasteiger charge is 2.17. The van der Waals surface area contributed by atoms with Crippen molar-refractivity contribution in [3.05, 3.63) is 23.8 Å². The summed E-state index contributed by atoms with van der Waals surface area (Å²) in [6, 6.07) is 6.13. The van der Waals surface area contributed by atoms with Gasteiger partial charge < -0.3 is 9.64 Å². The molecule has 1 heterocycles. The Bertz CT molecular complexity index is 283. The number of hydrogen-bond donors (Lipinski definition) is 0. The molecule has 1 aliphatic heterocycles. The van der Waals surface area contributed by atoms with Crippen molar-refractivity contribution in [3.8, 4) is 5.75 Å². The van der Waals surface area contributed by atoms with Crippen LogP contribution in [0.4, 0.5) is 5.69 Å². The second-order valence-electron chi connectivity index (χ2n) is 2.89. The molecule has 0 amide bonds. The van der Waals surface area contributed by atoms with Crippen LogP contribution in [0.15, 0.2) is 18.2 Å². The minimum absolute atomic E-state index is 0.681. The molecule has 11 heavy (non-hydrogen) atoms. The number of benzene rings is 1. The monoisotopic (exact) mass is 149 g/mol. The van der Waals surface area contributed by atoms with Crippen LogP contribution in [-0.4, -0.2) is 13.8 Å². The maximum absolute atomic E-state index is 5.42. The average Bonchev–Trinajstić information content (AvgIpc) is 2.34. The highest BCUT2D eigenvalue weighted by molar-refractivity contribution is 5.65. The Hall–Kier alpha value is -1.18. The van der Waals surface area contributed by atoms with Gasteiger partial charge in [-0.15, -0.1) is 0 Å². The maximum Gasteiger partial charge on any atom is 0.161 e. The van der Waals surface area contributed by atoms with Gasteiger partial charge in [0.05, 0.1) is 5.69 Å². The summed E-state index contributed by atoms with van der Waals surface area (Å²) in [5, 5.41) is 0. The Morgan fingerprint density at radius 1 is 1.45 bits per heavy atom. The molecule has 1 aromatic rings. The third-order valence-electron chi connectivity index (χ3n) is 2.00. The fourth-order valence-electron chi connectivity index (χ4n) is 1.47. The summed E-state index contributed by atoms with van der Waals surface area (Å²) in [6.45, 7) is 2.78. The molecule has 0 saturated heterocycles. The number of nitrogens with zero attached hydrogens (tertiary/aromatic N) is 1. The van der Waals surface area contributed by atoms with E-state index in [1.165, 1.54) is 11.3 Å². The topological polar surface area (TPSA) is 12.5 Å². The highest BCUT2D eigenvalue weighted by atomic mass is 16.5. The van der Waals surface area contributed by atoms with Crippen molar-refractivity contribution in [2.75, 3.05) is 18.7 Å². The van der Waals surface area contributed by atoms with Gasteiger partial charge in [0.1, 0.15) is 5.75 Å². The van der Waals surface area contributed by atoms with Crippen molar-refractivity contribution in [3.63, 3.8) is 0 Å². The van der Waals surface area contributed by atoms with E-state index in [2.05, 4.69) is 17.9 Å². The molecular weight excluding hydrogens is 138 g/mol. The predicted molar refractivity (Wildman–Crippen MR) is 45.1 cm³/mol. The van der Waals surface area contributed by atoms with Gasteiger partial charge >= 0.3 is 0 Å². The van der Waals surface area contributed by atoms with Crippen LogP contribution in [0.2, 0.25) is 0 Å². The normalized spacial score (nSPS) is 14.5. The van der Waals surface area contributed by atoms with E-state index in [-0.39, 0.29) is 0 Å². The van der Waals surface area contributed by atoms with Gasteiger partial charge in [0.2, 0.25) is 0 Å². The van der Waals surface area contributed by atoms with Crippen molar-refractivity contribution < 1.29 is 4.74 Å². The molecule has 0 spiro atoms. The lowest BCUT2D eigenvalue weighted by Crippen LogP contribution is -2.15. The molecule has 2 heteroatoms. The Labute approximate surface area is 66.4 Å². The summed E-state index contributed by atoms with van der Waals surface area (Å²) >= 11 is 0. The van der Waals surface area contributed by atoms with Crippen molar-refractivity contribution in [2.45, 2.75) is 6.92 Å². The van der Waals surface area contributed by atoms with E-state index >= 15 is 0 Å². The summed E-state index contributed by atoms with van der Waals surface area (Å²) in [4.78, 5) is 2.12. The third-order valence-corrected chi connectivity index (χ3v) is 2.00. The van der Waals surface area contributed by atoms with E-state index in [0.717, 1.165) is 5.75 Å². The molecule has 1 aromatic carbocycles. The predicted octanol–water partition coefficient (Wildman–Crippen LogP) is 1.78. The molecule has 0 aromatic heterocycles. The van der Waals surface area contributed by atoms with E-state index in [0.29, 0.717) is 6.73 Å². The molecule has 0 N–H and O–H groups in total. The fourth-order valence-corrected chi connectivity index (χ4v) is 1.47. The standard InChI is InChI=1S/C9H11NO/c1-7-4-3-5-8-9(7)10(2)6-11-8/h3-5H,6H2,1-2H3. The summed E-state index contributed by atoms with van der Waals surface area (Å²) in [5.74, 6) is 1.01. The number of para-hydroxylation sites is 1. The zero-order chi connectivity index (χ0) is 7.84. The summed E-state index contributed by atoms with van der Waals surface area (Å²) in [5.41, 5.74) is 2.51. The Kier molecular flexibility index (Phi) is 1.28. The molecule has 0 aliphatic carbocycles. The zero-order valence-electron chi connectivity index (χ0n) is 6.79. The summed E-state index contributed by atoms with van der Waals surface area (Å²) < 4.78 is 5.42. The SMILES string of the molecule is Cc1cccc2c1N(C)CO2. The van der Waals surface area contributed by atoms with Crippen molar-refractivity contribution in [1.82, 2.24) is 0 Å². The Morgan fingerprint density at radius 3 is 3.00 bits per heavy atom. The largest absolute Gasteiger partial charge is 0.471 e. The van der Waals surface area contributed by atoms with Gasteiger partial charge in [0.15, 0.2) is 6.73 Å². The van der Waals surface area contributed by atoms with Crippen LogP contribution in [-0.2, 0) is 0 Å². The van der Waals surface area contributed by atoms with E-state index in [1.807, 2.05) is 19.2 Å². The Balaban J connectivity index is 2.58. The van der Waals surface area contributed by atoms with Crippen LogP contribution in [0.25, 0.3) is 0 Å². The first-order valence-electron chi connectivity index (χ1n) is 3.72. The minimum Gasteiger partial charge on any atom is -0.471 e. The lowest BCUT2D eigenvalue weighted by molar-refractivity contribution is 0.353. The molecule has 0 saturated carbocycles. The highest BCUT2D eigenvalue weighted by Crippen LogP contribution is 2.35. The fraction of sp³-hybridized carbons (Fsp3) is 0.333. The number of aryl methyl sites for hydroxylation is 1. The Morgan fingerprint density at radius 2 is 2.27 bits per heavy atom. The van der Waals surface area contributed by atoms with Gasteiger partial charge in [-0.25, -0.2) is 0 Å². The number of rotatable bonds is 0. The molecule has 2 nitrogen and oxygen atoms in total. The quantitative estimate of drug-likeness (QED) is 0.557. The lowest BCUT2D eigenvalue weighted by Gasteiger charge is -2.09. The van der Waals surface area contributed by atoms with E-state index < -0.39 is 0 Å². The summed E-state index contributed by atoms with van der Waals surface area (Å²) in [6.07, 6.45) is 0. The van der Waals surface area contributed by atoms with Crippen molar-refractivity contribution in [2.24, 2.45) is 0 Å². The molecular formula is C9H11NO. The van der Waals surface area contributed by atoms with Crippen LogP contribution in [0.1, 0.15) is 5.56 Å². The second kappa shape index (κ2) is 2.16. The van der Waals surface area contributed by atoms with Gasteiger partial charge in [0.25, 0.3) is 0 Å². The molecule has 1 aliphatic rings. The van der Waals surface area contributed by atoms with Gasteiger partial charge in [0, 0.05) is 7.05 Å².